The number of hydrogen-bond donors (Lipinski definition) is 2. The van der Waals surface area contributed by atoms with Gasteiger partial charge in [-0.3, -0.25) is 4.79 Å². The summed E-state index contributed by atoms with van der Waals surface area (Å²) >= 11 is 1.53. The third kappa shape index (κ3) is 4.72. The van der Waals surface area contributed by atoms with E-state index in [0.29, 0.717) is 18.7 Å². The number of halogens is 1. The van der Waals surface area contributed by atoms with Crippen molar-refractivity contribution >= 4 is 34.5 Å². The van der Waals surface area contributed by atoms with Crippen LogP contribution in [-0.4, -0.2) is 39.6 Å². The highest BCUT2D eigenvalue weighted by atomic mass is 32.2. The van der Waals surface area contributed by atoms with Crippen LogP contribution in [0.5, 0.6) is 0 Å². The van der Waals surface area contributed by atoms with Crippen LogP contribution in [0, 0.1) is 5.82 Å². The van der Waals surface area contributed by atoms with Gasteiger partial charge in [-0.2, -0.15) is 11.8 Å². The molecule has 5 nitrogen and oxygen atoms in total. The van der Waals surface area contributed by atoms with E-state index in [4.69, 9.17) is 5.11 Å². The van der Waals surface area contributed by atoms with Crippen molar-refractivity contribution in [3.8, 4) is 0 Å². The lowest BCUT2D eigenvalue weighted by Crippen LogP contribution is -2.41. The molecule has 0 saturated heterocycles. The first kappa shape index (κ1) is 17.3. The lowest BCUT2D eigenvalue weighted by molar-refractivity contribution is -0.141. The van der Waals surface area contributed by atoms with Crippen LogP contribution in [0.4, 0.5) is 4.39 Å². The van der Waals surface area contributed by atoms with E-state index >= 15 is 0 Å². The van der Waals surface area contributed by atoms with Gasteiger partial charge in [-0.05, 0) is 48.1 Å². The number of carbonyl (C=O) groups is 2. The standard InChI is InChI=1S/C16H19FN2O3S/c1-23-9-6-13(16(21)22)18-15(20)5-8-19-7-4-11-2-3-12(17)10-14(11)19/h2-4,7,10,13H,5-6,8-9H2,1H3,(H,18,20)(H,21,22)/t13-/m1/s1. The van der Waals surface area contributed by atoms with Crippen LogP contribution in [0.3, 0.4) is 0 Å². The highest BCUT2D eigenvalue weighted by molar-refractivity contribution is 7.98. The Morgan fingerprint density at radius 1 is 1.39 bits per heavy atom. The lowest BCUT2D eigenvalue weighted by Gasteiger charge is -2.14. The van der Waals surface area contributed by atoms with Crippen LogP contribution < -0.4 is 5.32 Å². The van der Waals surface area contributed by atoms with Gasteiger partial charge in [-0.1, -0.05) is 0 Å². The number of benzene rings is 1. The zero-order valence-corrected chi connectivity index (χ0v) is 13.6. The van der Waals surface area contributed by atoms with Crippen LogP contribution in [0.1, 0.15) is 12.8 Å². The van der Waals surface area contributed by atoms with Crippen molar-refractivity contribution < 1.29 is 19.1 Å². The molecule has 0 fully saturated rings. The van der Waals surface area contributed by atoms with Crippen LogP contribution >= 0.6 is 11.8 Å². The van der Waals surface area contributed by atoms with Crippen molar-refractivity contribution in [3.63, 3.8) is 0 Å². The molecular weight excluding hydrogens is 319 g/mol. The van der Waals surface area contributed by atoms with Gasteiger partial charge in [-0.15, -0.1) is 0 Å². The molecular formula is C16H19FN2O3S. The van der Waals surface area contributed by atoms with E-state index in [2.05, 4.69) is 5.32 Å². The first-order valence-corrected chi connectivity index (χ1v) is 8.66. The third-order valence-corrected chi connectivity index (χ3v) is 4.20. The summed E-state index contributed by atoms with van der Waals surface area (Å²) in [7, 11) is 0. The molecule has 124 valence electrons. The molecule has 0 bridgehead atoms. The number of carboxylic acids is 1. The van der Waals surface area contributed by atoms with Gasteiger partial charge in [0.25, 0.3) is 0 Å². The Labute approximate surface area is 137 Å². The van der Waals surface area contributed by atoms with E-state index in [-0.39, 0.29) is 18.1 Å². The van der Waals surface area contributed by atoms with Gasteiger partial charge in [-0.25, -0.2) is 9.18 Å². The van der Waals surface area contributed by atoms with Crippen molar-refractivity contribution in [3.05, 3.63) is 36.3 Å². The van der Waals surface area contributed by atoms with E-state index in [1.165, 1.54) is 23.9 Å². The zero-order chi connectivity index (χ0) is 16.8. The van der Waals surface area contributed by atoms with E-state index in [1.54, 1.807) is 16.8 Å². The Bertz CT molecular complexity index is 702. The molecule has 1 aromatic heterocycles. The number of nitrogens with one attached hydrogen (secondary N) is 1. The monoisotopic (exact) mass is 338 g/mol. The van der Waals surface area contributed by atoms with Crippen LogP contribution in [0.2, 0.25) is 0 Å². The Morgan fingerprint density at radius 2 is 2.17 bits per heavy atom. The average molecular weight is 338 g/mol. The summed E-state index contributed by atoms with van der Waals surface area (Å²) in [6.45, 7) is 0.369. The van der Waals surface area contributed by atoms with E-state index < -0.39 is 12.0 Å². The number of amides is 1. The molecule has 2 N–H and O–H groups in total. The summed E-state index contributed by atoms with van der Waals surface area (Å²) in [6.07, 6.45) is 4.21. The smallest absolute Gasteiger partial charge is 0.326 e. The van der Waals surface area contributed by atoms with Crippen molar-refractivity contribution in [2.75, 3.05) is 12.0 Å². The minimum atomic E-state index is -1.03. The van der Waals surface area contributed by atoms with Gasteiger partial charge in [0.1, 0.15) is 11.9 Å². The van der Waals surface area contributed by atoms with Crippen LogP contribution in [0.25, 0.3) is 10.9 Å². The fourth-order valence-electron chi connectivity index (χ4n) is 2.33. The molecule has 1 heterocycles. The molecule has 1 aromatic carbocycles. The molecule has 0 aliphatic heterocycles. The predicted octanol–water partition coefficient (Wildman–Crippen LogP) is 2.49. The number of carbonyl (C=O) groups excluding carboxylic acids is 1. The highest BCUT2D eigenvalue weighted by Crippen LogP contribution is 2.17. The molecule has 2 aromatic rings. The van der Waals surface area contributed by atoms with Gasteiger partial charge in [0.05, 0.1) is 5.52 Å². The number of aryl methyl sites for hydroxylation is 1. The first-order chi connectivity index (χ1) is 11.0. The van der Waals surface area contributed by atoms with Gasteiger partial charge in [0.15, 0.2) is 0 Å². The molecule has 0 unspecified atom stereocenters. The summed E-state index contributed by atoms with van der Waals surface area (Å²) in [4.78, 5) is 23.1. The molecule has 7 heteroatoms. The topological polar surface area (TPSA) is 71.3 Å². The maximum absolute atomic E-state index is 13.3. The number of carboxylic acid groups (broad SMARTS) is 1. The van der Waals surface area contributed by atoms with E-state index in [1.807, 2.05) is 12.3 Å². The molecule has 0 saturated carbocycles. The normalized spacial score (nSPS) is 12.3. The lowest BCUT2D eigenvalue weighted by atomic mass is 10.2. The van der Waals surface area contributed by atoms with Gasteiger partial charge >= 0.3 is 5.97 Å². The second-order valence-electron chi connectivity index (χ2n) is 5.20. The number of rotatable bonds is 8. The molecule has 0 radical (unpaired) electrons. The van der Waals surface area contributed by atoms with Crippen molar-refractivity contribution in [1.29, 1.82) is 0 Å². The predicted molar refractivity (Wildman–Crippen MR) is 89.1 cm³/mol. The Hall–Kier alpha value is -2.02. The summed E-state index contributed by atoms with van der Waals surface area (Å²) < 4.78 is 15.1. The number of aromatic nitrogens is 1. The number of aliphatic carboxylic acids is 1. The zero-order valence-electron chi connectivity index (χ0n) is 12.8. The summed E-state index contributed by atoms with van der Waals surface area (Å²) in [5.41, 5.74) is 0.718. The van der Waals surface area contributed by atoms with E-state index in [0.717, 1.165) is 10.9 Å². The summed E-state index contributed by atoms with van der Waals surface area (Å²) in [6, 6.07) is 5.48. The van der Waals surface area contributed by atoms with Gasteiger partial charge < -0.3 is 15.0 Å². The minimum absolute atomic E-state index is 0.142. The Kier molecular flexibility index (Phi) is 6.04. The number of thioether (sulfide) groups is 1. The Balaban J connectivity index is 1.94. The molecule has 0 aliphatic carbocycles. The Morgan fingerprint density at radius 3 is 2.87 bits per heavy atom. The van der Waals surface area contributed by atoms with Crippen LogP contribution in [-0.2, 0) is 16.1 Å². The second kappa shape index (κ2) is 8.01. The van der Waals surface area contributed by atoms with Crippen LogP contribution in [0.15, 0.2) is 30.5 Å². The fourth-order valence-corrected chi connectivity index (χ4v) is 2.81. The van der Waals surface area contributed by atoms with Gasteiger partial charge in [0, 0.05) is 19.2 Å². The molecule has 0 aliphatic rings. The first-order valence-electron chi connectivity index (χ1n) is 7.26. The summed E-state index contributed by atoms with van der Waals surface area (Å²) in [5, 5.41) is 12.5. The largest absolute Gasteiger partial charge is 0.480 e. The highest BCUT2D eigenvalue weighted by Gasteiger charge is 2.19. The SMILES string of the molecule is CSCC[C@@H](NC(=O)CCn1ccc2ccc(F)cc21)C(=O)O. The second-order valence-corrected chi connectivity index (χ2v) is 6.19. The molecule has 2 rings (SSSR count). The maximum atomic E-state index is 13.3. The van der Waals surface area contributed by atoms with Crippen molar-refractivity contribution in [2.45, 2.75) is 25.4 Å². The van der Waals surface area contributed by atoms with Crippen molar-refractivity contribution in [2.24, 2.45) is 0 Å². The number of hydrogen-bond acceptors (Lipinski definition) is 3. The maximum Gasteiger partial charge on any atom is 0.326 e. The minimum Gasteiger partial charge on any atom is -0.480 e. The average Bonchev–Trinajstić information content (AvgIpc) is 2.91. The van der Waals surface area contributed by atoms with Gasteiger partial charge in [0.2, 0.25) is 5.91 Å². The molecule has 1 amide bonds. The van der Waals surface area contributed by atoms with Crippen molar-refractivity contribution in [1.82, 2.24) is 9.88 Å². The third-order valence-electron chi connectivity index (χ3n) is 3.56. The molecule has 23 heavy (non-hydrogen) atoms. The quantitative estimate of drug-likeness (QED) is 0.776. The fraction of sp³-hybridized carbons (Fsp3) is 0.375. The number of fused-ring (bicyclic) bond motifs is 1. The summed E-state index contributed by atoms with van der Waals surface area (Å²) in [5.74, 6) is -1.01. The number of nitrogens with zero attached hydrogens (tertiary/aromatic N) is 1. The molecule has 1 atom stereocenters. The van der Waals surface area contributed by atoms with E-state index in [9.17, 15) is 14.0 Å². The molecule has 0 spiro atoms.